The molecule has 1 fully saturated rings. The van der Waals surface area contributed by atoms with Gasteiger partial charge in [0, 0.05) is 0 Å². The molecule has 1 aliphatic rings. The molecular weight excluding hydrogens is 240 g/mol. The molecule has 1 aromatic carbocycles. The predicted octanol–water partition coefficient (Wildman–Crippen LogP) is 1.75. The summed E-state index contributed by atoms with van der Waals surface area (Å²) in [5, 5.41) is 0. The maximum Gasteiger partial charge on any atom is 0.237 e. The summed E-state index contributed by atoms with van der Waals surface area (Å²) in [6.07, 6.45) is 3.39. The summed E-state index contributed by atoms with van der Waals surface area (Å²) in [5.74, 6) is 0.641. The third kappa shape index (κ3) is 2.89. The average molecular weight is 262 g/mol. The van der Waals surface area contributed by atoms with E-state index in [2.05, 4.69) is 0 Å². The summed E-state index contributed by atoms with van der Waals surface area (Å²) in [5.41, 5.74) is 11.8. The highest BCUT2D eigenvalue weighted by atomic mass is 16.5. The van der Waals surface area contributed by atoms with Crippen molar-refractivity contribution in [3.63, 3.8) is 0 Å². The fourth-order valence-electron chi connectivity index (χ4n) is 2.86. The van der Waals surface area contributed by atoms with E-state index >= 15 is 0 Å². The first kappa shape index (κ1) is 13.9. The SMILES string of the molecule is Cc1ccccc1OCCC1CCCC1(N)C(N)=O. The number of amides is 1. The second-order valence-electron chi connectivity index (χ2n) is 5.40. The summed E-state index contributed by atoms with van der Waals surface area (Å²) in [6.45, 7) is 2.59. The molecule has 0 saturated heterocycles. The van der Waals surface area contributed by atoms with E-state index in [9.17, 15) is 4.79 Å². The number of hydrogen-bond donors (Lipinski definition) is 2. The summed E-state index contributed by atoms with van der Waals surface area (Å²) in [4.78, 5) is 11.5. The van der Waals surface area contributed by atoms with Crippen LogP contribution in [0, 0.1) is 12.8 Å². The van der Waals surface area contributed by atoms with Gasteiger partial charge in [0.15, 0.2) is 0 Å². The molecule has 4 heteroatoms. The van der Waals surface area contributed by atoms with Gasteiger partial charge in [0.2, 0.25) is 5.91 Å². The number of para-hydroxylation sites is 1. The molecule has 0 bridgehead atoms. The molecular formula is C15H22N2O2. The van der Waals surface area contributed by atoms with Gasteiger partial charge in [-0.25, -0.2) is 0 Å². The van der Waals surface area contributed by atoms with Crippen LogP contribution in [0.5, 0.6) is 5.75 Å². The van der Waals surface area contributed by atoms with Crippen molar-refractivity contribution < 1.29 is 9.53 Å². The number of ether oxygens (including phenoxy) is 1. The van der Waals surface area contributed by atoms with E-state index in [1.54, 1.807) is 0 Å². The number of benzene rings is 1. The van der Waals surface area contributed by atoms with Crippen molar-refractivity contribution >= 4 is 5.91 Å². The number of carbonyl (C=O) groups excluding carboxylic acids is 1. The molecule has 104 valence electrons. The lowest BCUT2D eigenvalue weighted by atomic mass is 9.85. The van der Waals surface area contributed by atoms with Crippen molar-refractivity contribution in [2.75, 3.05) is 6.61 Å². The maximum absolute atomic E-state index is 11.5. The fraction of sp³-hybridized carbons (Fsp3) is 0.533. The highest BCUT2D eigenvalue weighted by Crippen LogP contribution is 2.36. The van der Waals surface area contributed by atoms with Crippen LogP contribution >= 0.6 is 0 Å². The minimum absolute atomic E-state index is 0.133. The van der Waals surface area contributed by atoms with E-state index < -0.39 is 5.54 Å². The van der Waals surface area contributed by atoms with Crippen molar-refractivity contribution in [3.8, 4) is 5.75 Å². The number of nitrogens with two attached hydrogens (primary N) is 2. The van der Waals surface area contributed by atoms with Crippen molar-refractivity contribution in [1.29, 1.82) is 0 Å². The zero-order valence-corrected chi connectivity index (χ0v) is 11.4. The van der Waals surface area contributed by atoms with Crippen LogP contribution in [-0.4, -0.2) is 18.1 Å². The monoisotopic (exact) mass is 262 g/mol. The van der Waals surface area contributed by atoms with Crippen LogP contribution in [0.25, 0.3) is 0 Å². The predicted molar refractivity (Wildman–Crippen MR) is 74.7 cm³/mol. The molecule has 2 unspecified atom stereocenters. The molecule has 4 N–H and O–H groups in total. The highest BCUT2D eigenvalue weighted by molar-refractivity contribution is 5.85. The molecule has 2 atom stereocenters. The van der Waals surface area contributed by atoms with Gasteiger partial charge in [-0.15, -0.1) is 0 Å². The molecule has 0 aromatic heterocycles. The van der Waals surface area contributed by atoms with Gasteiger partial charge >= 0.3 is 0 Å². The van der Waals surface area contributed by atoms with E-state index in [1.807, 2.05) is 31.2 Å². The largest absolute Gasteiger partial charge is 0.493 e. The number of hydrogen-bond acceptors (Lipinski definition) is 3. The molecule has 1 amide bonds. The Labute approximate surface area is 114 Å². The normalized spacial score (nSPS) is 26.3. The van der Waals surface area contributed by atoms with Gasteiger partial charge in [-0.2, -0.15) is 0 Å². The highest BCUT2D eigenvalue weighted by Gasteiger charge is 2.43. The first-order valence-electron chi connectivity index (χ1n) is 6.81. The van der Waals surface area contributed by atoms with E-state index in [1.165, 1.54) is 0 Å². The maximum atomic E-state index is 11.5. The van der Waals surface area contributed by atoms with Crippen molar-refractivity contribution in [1.82, 2.24) is 0 Å². The first-order valence-corrected chi connectivity index (χ1v) is 6.81. The van der Waals surface area contributed by atoms with Crippen molar-refractivity contribution in [2.45, 2.75) is 38.1 Å². The van der Waals surface area contributed by atoms with Crippen LogP contribution in [-0.2, 0) is 4.79 Å². The Balaban J connectivity index is 1.89. The third-order valence-corrected chi connectivity index (χ3v) is 4.15. The van der Waals surface area contributed by atoms with Crippen LogP contribution in [0.2, 0.25) is 0 Å². The number of carbonyl (C=O) groups is 1. The molecule has 4 nitrogen and oxygen atoms in total. The summed E-state index contributed by atoms with van der Waals surface area (Å²) >= 11 is 0. The Morgan fingerprint density at radius 1 is 1.47 bits per heavy atom. The van der Waals surface area contributed by atoms with Crippen LogP contribution in [0.1, 0.15) is 31.2 Å². The lowest BCUT2D eigenvalue weighted by Crippen LogP contribution is -2.54. The van der Waals surface area contributed by atoms with Crippen molar-refractivity contribution in [3.05, 3.63) is 29.8 Å². The molecule has 2 rings (SSSR count). The standard InChI is InChI=1S/C15H22N2O2/c1-11-5-2-3-7-13(11)19-10-8-12-6-4-9-15(12,17)14(16)18/h2-3,5,7,12H,4,6,8-10,17H2,1H3,(H2,16,18). The second-order valence-corrected chi connectivity index (χ2v) is 5.40. The molecule has 0 spiro atoms. The molecule has 1 aliphatic carbocycles. The van der Waals surface area contributed by atoms with E-state index in [4.69, 9.17) is 16.2 Å². The molecule has 1 aromatic rings. The fourth-order valence-corrected chi connectivity index (χ4v) is 2.86. The van der Waals surface area contributed by atoms with Crippen molar-refractivity contribution in [2.24, 2.45) is 17.4 Å². The van der Waals surface area contributed by atoms with Gasteiger partial charge in [-0.3, -0.25) is 4.79 Å². The van der Waals surface area contributed by atoms with E-state index in [0.29, 0.717) is 13.0 Å². The van der Waals surface area contributed by atoms with Crippen LogP contribution in [0.4, 0.5) is 0 Å². The summed E-state index contributed by atoms with van der Waals surface area (Å²) in [7, 11) is 0. The van der Waals surface area contributed by atoms with Crippen LogP contribution < -0.4 is 16.2 Å². The van der Waals surface area contributed by atoms with Crippen LogP contribution in [0.3, 0.4) is 0 Å². The lowest BCUT2D eigenvalue weighted by Gasteiger charge is -2.28. The molecule has 0 heterocycles. The average Bonchev–Trinajstić information content (AvgIpc) is 2.75. The van der Waals surface area contributed by atoms with Gasteiger partial charge in [-0.1, -0.05) is 24.6 Å². The third-order valence-electron chi connectivity index (χ3n) is 4.15. The zero-order chi connectivity index (χ0) is 13.9. The molecule has 0 radical (unpaired) electrons. The minimum Gasteiger partial charge on any atom is -0.493 e. The first-order chi connectivity index (χ1) is 9.04. The Bertz CT molecular complexity index is 461. The Hall–Kier alpha value is -1.55. The van der Waals surface area contributed by atoms with Gasteiger partial charge in [0.05, 0.1) is 12.1 Å². The summed E-state index contributed by atoms with van der Waals surface area (Å²) < 4.78 is 5.76. The summed E-state index contributed by atoms with van der Waals surface area (Å²) in [6, 6.07) is 7.90. The zero-order valence-electron chi connectivity index (χ0n) is 11.4. The molecule has 1 saturated carbocycles. The topological polar surface area (TPSA) is 78.3 Å². The van der Waals surface area contributed by atoms with Gasteiger partial charge in [0.1, 0.15) is 5.75 Å². The quantitative estimate of drug-likeness (QED) is 0.848. The lowest BCUT2D eigenvalue weighted by molar-refractivity contribution is -0.124. The number of primary amides is 1. The molecule has 0 aliphatic heterocycles. The van der Waals surface area contributed by atoms with Crippen LogP contribution in [0.15, 0.2) is 24.3 Å². The molecule has 19 heavy (non-hydrogen) atoms. The minimum atomic E-state index is -0.838. The van der Waals surface area contributed by atoms with Gasteiger partial charge < -0.3 is 16.2 Å². The Kier molecular flexibility index (Phi) is 4.10. The van der Waals surface area contributed by atoms with E-state index in [-0.39, 0.29) is 11.8 Å². The smallest absolute Gasteiger partial charge is 0.237 e. The van der Waals surface area contributed by atoms with Gasteiger partial charge in [0.25, 0.3) is 0 Å². The Morgan fingerprint density at radius 3 is 2.89 bits per heavy atom. The second kappa shape index (κ2) is 5.61. The van der Waals surface area contributed by atoms with E-state index in [0.717, 1.165) is 30.6 Å². The number of aryl methyl sites for hydroxylation is 1. The number of rotatable bonds is 5. The Morgan fingerprint density at radius 2 is 2.21 bits per heavy atom. The van der Waals surface area contributed by atoms with Gasteiger partial charge in [-0.05, 0) is 43.7 Å².